The summed E-state index contributed by atoms with van der Waals surface area (Å²) in [6.45, 7) is 1.47. The Morgan fingerprint density at radius 2 is 1.23 bits per heavy atom. The normalized spacial score (nSPS) is 10.2. The molecule has 0 atom stereocenters. The maximum Gasteiger partial charge on any atom is 0.306 e. The number of non-ortho nitro benzene ring substituents is 1. The van der Waals surface area contributed by atoms with E-state index in [0.29, 0.717) is 17.7 Å². The first-order valence-corrected chi connectivity index (χ1v) is 6.75. The molecule has 13 nitrogen and oxygen atoms in total. The van der Waals surface area contributed by atoms with Crippen molar-refractivity contribution < 1.29 is 19.7 Å². The monoisotopic (exact) mass is 363 g/mol. The van der Waals surface area contributed by atoms with Crippen molar-refractivity contribution in [3.63, 3.8) is 0 Å². The number of rotatable bonds is 6. The molecule has 0 aliphatic carbocycles. The van der Waals surface area contributed by atoms with Crippen molar-refractivity contribution in [2.24, 2.45) is 0 Å². The van der Waals surface area contributed by atoms with E-state index >= 15 is 0 Å². The van der Waals surface area contributed by atoms with Gasteiger partial charge in [0, 0.05) is 17.3 Å². The number of nitro groups is 4. The van der Waals surface area contributed by atoms with Crippen LogP contribution in [-0.2, 0) is 0 Å². The molecule has 0 aromatic heterocycles. The highest BCUT2D eigenvalue weighted by Gasteiger charge is 2.31. The van der Waals surface area contributed by atoms with E-state index in [2.05, 4.69) is 5.32 Å². The largest absolute Gasteiger partial charge is 0.344 e. The van der Waals surface area contributed by atoms with E-state index in [1.54, 1.807) is 0 Å². The zero-order valence-electron chi connectivity index (χ0n) is 12.9. The zero-order chi connectivity index (χ0) is 19.6. The predicted octanol–water partition coefficient (Wildman–Crippen LogP) is 3.37. The molecule has 0 saturated heterocycles. The molecular formula is C13H9N5O8. The fraction of sp³-hybridized carbons (Fsp3) is 0.0769. The summed E-state index contributed by atoms with van der Waals surface area (Å²) in [7, 11) is 0. The molecular weight excluding hydrogens is 354 g/mol. The molecule has 0 heterocycles. The highest BCUT2D eigenvalue weighted by molar-refractivity contribution is 5.81. The molecule has 2 aromatic carbocycles. The van der Waals surface area contributed by atoms with E-state index in [1.165, 1.54) is 19.1 Å². The fourth-order valence-corrected chi connectivity index (χ4v) is 2.15. The summed E-state index contributed by atoms with van der Waals surface area (Å²) >= 11 is 0. The van der Waals surface area contributed by atoms with Crippen LogP contribution >= 0.6 is 0 Å². The minimum absolute atomic E-state index is 0.0256. The number of nitro benzene ring substituents is 4. The molecule has 2 aromatic rings. The highest BCUT2D eigenvalue weighted by atomic mass is 16.6. The van der Waals surface area contributed by atoms with Gasteiger partial charge >= 0.3 is 11.4 Å². The van der Waals surface area contributed by atoms with Crippen LogP contribution in [0.4, 0.5) is 34.1 Å². The van der Waals surface area contributed by atoms with Crippen LogP contribution in [0.2, 0.25) is 0 Å². The van der Waals surface area contributed by atoms with E-state index in [-0.39, 0.29) is 11.4 Å². The number of anilines is 2. The molecule has 26 heavy (non-hydrogen) atoms. The highest BCUT2D eigenvalue weighted by Crippen LogP contribution is 2.40. The van der Waals surface area contributed by atoms with Crippen molar-refractivity contribution in [3.05, 3.63) is 76.4 Å². The molecule has 0 aliphatic heterocycles. The van der Waals surface area contributed by atoms with Gasteiger partial charge in [-0.1, -0.05) is 6.07 Å². The first-order valence-electron chi connectivity index (χ1n) is 6.75. The maximum absolute atomic E-state index is 11.2. The van der Waals surface area contributed by atoms with Gasteiger partial charge in [0.15, 0.2) is 5.69 Å². The van der Waals surface area contributed by atoms with E-state index in [0.717, 1.165) is 6.07 Å². The van der Waals surface area contributed by atoms with Crippen LogP contribution in [0.1, 0.15) is 5.56 Å². The van der Waals surface area contributed by atoms with Gasteiger partial charge in [0.25, 0.3) is 11.4 Å². The van der Waals surface area contributed by atoms with Crippen LogP contribution in [0.15, 0.2) is 30.3 Å². The van der Waals surface area contributed by atoms with Gasteiger partial charge in [0.2, 0.25) is 0 Å². The van der Waals surface area contributed by atoms with Gasteiger partial charge in [0.05, 0.1) is 31.8 Å². The summed E-state index contributed by atoms with van der Waals surface area (Å²) in [6.07, 6.45) is 0. The van der Waals surface area contributed by atoms with Crippen molar-refractivity contribution in [1.29, 1.82) is 0 Å². The minimum Gasteiger partial charge on any atom is -0.344 e. The van der Waals surface area contributed by atoms with Crippen molar-refractivity contribution in [2.45, 2.75) is 6.92 Å². The van der Waals surface area contributed by atoms with Crippen LogP contribution < -0.4 is 5.32 Å². The van der Waals surface area contributed by atoms with Gasteiger partial charge < -0.3 is 5.32 Å². The third-order valence-corrected chi connectivity index (χ3v) is 3.36. The van der Waals surface area contributed by atoms with Gasteiger partial charge in [-0.25, -0.2) is 0 Å². The van der Waals surface area contributed by atoms with Crippen LogP contribution in [0.3, 0.4) is 0 Å². The summed E-state index contributed by atoms with van der Waals surface area (Å²) < 4.78 is 0. The minimum atomic E-state index is -1.02. The molecule has 134 valence electrons. The molecule has 2 rings (SSSR count). The van der Waals surface area contributed by atoms with E-state index in [1.807, 2.05) is 0 Å². The summed E-state index contributed by atoms with van der Waals surface area (Å²) in [4.78, 5) is 40.5. The molecule has 0 saturated carbocycles. The molecule has 13 heteroatoms. The van der Waals surface area contributed by atoms with Gasteiger partial charge in [-0.05, 0) is 13.0 Å². The molecule has 0 unspecified atom stereocenters. The number of aryl methyl sites for hydroxylation is 1. The van der Waals surface area contributed by atoms with E-state index in [9.17, 15) is 40.5 Å². The Hall–Kier alpha value is -4.16. The standard InChI is InChI=1S/C13H9N5O8/c1-7-2-3-8(4-10(7)16(21)22)14-13-11(17(23)24)5-9(15(19)20)6-12(13)18(25)26/h2-6,14H,1H3. The lowest BCUT2D eigenvalue weighted by molar-refractivity contribution is -0.401. The number of nitrogens with zero attached hydrogens (tertiary/aromatic N) is 4. The average molecular weight is 363 g/mol. The molecule has 0 fully saturated rings. The second-order valence-corrected chi connectivity index (χ2v) is 5.01. The Labute approximate surface area is 143 Å². The summed E-state index contributed by atoms with van der Waals surface area (Å²) in [6, 6.07) is 4.86. The average Bonchev–Trinajstić information content (AvgIpc) is 2.55. The number of benzene rings is 2. The Kier molecular flexibility index (Phi) is 4.73. The van der Waals surface area contributed by atoms with Gasteiger partial charge in [-0.2, -0.15) is 0 Å². The molecule has 1 N–H and O–H groups in total. The Morgan fingerprint density at radius 1 is 0.731 bits per heavy atom. The lowest BCUT2D eigenvalue weighted by Crippen LogP contribution is -2.04. The lowest BCUT2D eigenvalue weighted by Gasteiger charge is -2.08. The van der Waals surface area contributed by atoms with Gasteiger partial charge in [-0.15, -0.1) is 0 Å². The number of nitrogens with one attached hydrogen (secondary N) is 1. The van der Waals surface area contributed by atoms with Crippen molar-refractivity contribution in [2.75, 3.05) is 5.32 Å². The lowest BCUT2D eigenvalue weighted by atomic mass is 10.1. The first-order chi connectivity index (χ1) is 12.1. The van der Waals surface area contributed by atoms with Crippen molar-refractivity contribution >= 4 is 34.1 Å². The quantitative estimate of drug-likeness (QED) is 0.593. The first kappa shape index (κ1) is 18.2. The Bertz CT molecular complexity index is 923. The second-order valence-electron chi connectivity index (χ2n) is 5.01. The van der Waals surface area contributed by atoms with Gasteiger partial charge in [-0.3, -0.25) is 40.5 Å². The molecule has 0 bridgehead atoms. The van der Waals surface area contributed by atoms with Crippen LogP contribution in [0.25, 0.3) is 0 Å². The Balaban J connectivity index is 2.67. The third kappa shape index (κ3) is 3.50. The van der Waals surface area contributed by atoms with Crippen LogP contribution in [0.5, 0.6) is 0 Å². The van der Waals surface area contributed by atoms with E-state index in [4.69, 9.17) is 0 Å². The topological polar surface area (TPSA) is 185 Å². The predicted molar refractivity (Wildman–Crippen MR) is 87.5 cm³/mol. The van der Waals surface area contributed by atoms with Crippen molar-refractivity contribution in [3.8, 4) is 0 Å². The SMILES string of the molecule is Cc1ccc(Nc2c([N+](=O)[O-])cc([N+](=O)[O-])cc2[N+](=O)[O-])cc1[N+](=O)[O-]. The number of hydrogen-bond donors (Lipinski definition) is 1. The van der Waals surface area contributed by atoms with E-state index < -0.39 is 42.4 Å². The molecule has 0 amide bonds. The van der Waals surface area contributed by atoms with Gasteiger partial charge in [0.1, 0.15) is 0 Å². The van der Waals surface area contributed by atoms with Crippen molar-refractivity contribution in [1.82, 2.24) is 0 Å². The number of hydrogen-bond acceptors (Lipinski definition) is 9. The Morgan fingerprint density at radius 3 is 1.65 bits per heavy atom. The molecule has 0 radical (unpaired) electrons. The van der Waals surface area contributed by atoms with Crippen LogP contribution in [0, 0.1) is 47.4 Å². The maximum atomic E-state index is 11.2. The molecule has 0 aliphatic rings. The second kappa shape index (κ2) is 6.76. The zero-order valence-corrected chi connectivity index (χ0v) is 12.9. The summed E-state index contributed by atoms with van der Waals surface area (Å²) in [5.74, 6) is 0. The third-order valence-electron chi connectivity index (χ3n) is 3.36. The molecule has 0 spiro atoms. The smallest absolute Gasteiger partial charge is 0.306 e. The van der Waals surface area contributed by atoms with Crippen LogP contribution in [-0.4, -0.2) is 19.7 Å². The fourth-order valence-electron chi connectivity index (χ4n) is 2.15. The summed E-state index contributed by atoms with van der Waals surface area (Å²) in [5, 5.41) is 46.6. The summed E-state index contributed by atoms with van der Waals surface area (Å²) in [5.41, 5.74) is -3.28.